The predicted octanol–water partition coefficient (Wildman–Crippen LogP) is 1.61. The standard InChI is InChI=1S/C12H26N2O/c1-10-7-5-6-8-14(10)12(3,9-13)11(2)15-4/h10-11H,5-9,13H2,1-4H3. The molecule has 1 fully saturated rings. The van der Waals surface area contributed by atoms with Gasteiger partial charge in [0.25, 0.3) is 0 Å². The Bertz CT molecular complexity index is 198. The number of rotatable bonds is 4. The van der Waals surface area contributed by atoms with Gasteiger partial charge in [0.2, 0.25) is 0 Å². The topological polar surface area (TPSA) is 38.5 Å². The highest BCUT2D eigenvalue weighted by Crippen LogP contribution is 2.28. The van der Waals surface area contributed by atoms with E-state index in [1.165, 1.54) is 19.3 Å². The van der Waals surface area contributed by atoms with Crippen LogP contribution in [0, 0.1) is 0 Å². The van der Waals surface area contributed by atoms with Crippen LogP contribution >= 0.6 is 0 Å². The highest BCUT2D eigenvalue weighted by atomic mass is 16.5. The van der Waals surface area contributed by atoms with Crippen LogP contribution in [0.25, 0.3) is 0 Å². The first kappa shape index (κ1) is 12.9. The second kappa shape index (κ2) is 5.28. The molecule has 1 saturated heterocycles. The lowest BCUT2D eigenvalue weighted by Crippen LogP contribution is -2.62. The summed E-state index contributed by atoms with van der Waals surface area (Å²) >= 11 is 0. The van der Waals surface area contributed by atoms with Crippen LogP contribution in [0.1, 0.15) is 40.0 Å². The largest absolute Gasteiger partial charge is 0.380 e. The summed E-state index contributed by atoms with van der Waals surface area (Å²) in [5, 5.41) is 0. The van der Waals surface area contributed by atoms with Gasteiger partial charge >= 0.3 is 0 Å². The Hall–Kier alpha value is -0.120. The second-order valence-electron chi connectivity index (χ2n) is 4.98. The minimum absolute atomic E-state index is 0.0193. The number of ether oxygens (including phenoxy) is 1. The minimum atomic E-state index is -0.0193. The van der Waals surface area contributed by atoms with E-state index in [-0.39, 0.29) is 11.6 Å². The second-order valence-corrected chi connectivity index (χ2v) is 4.98. The number of hydrogen-bond acceptors (Lipinski definition) is 3. The maximum atomic E-state index is 5.95. The highest BCUT2D eigenvalue weighted by molar-refractivity contribution is 4.96. The summed E-state index contributed by atoms with van der Waals surface area (Å²) < 4.78 is 5.49. The number of nitrogens with zero attached hydrogens (tertiary/aromatic N) is 1. The molecule has 2 N–H and O–H groups in total. The number of nitrogens with two attached hydrogens (primary N) is 1. The molecule has 1 heterocycles. The zero-order valence-corrected chi connectivity index (χ0v) is 10.6. The fourth-order valence-electron chi connectivity index (χ4n) is 2.63. The van der Waals surface area contributed by atoms with Gasteiger partial charge in [-0.2, -0.15) is 0 Å². The van der Waals surface area contributed by atoms with Crippen LogP contribution in [0.15, 0.2) is 0 Å². The van der Waals surface area contributed by atoms with Crippen molar-refractivity contribution in [1.82, 2.24) is 4.90 Å². The minimum Gasteiger partial charge on any atom is -0.380 e. The average molecular weight is 214 g/mol. The van der Waals surface area contributed by atoms with E-state index in [2.05, 4.69) is 25.7 Å². The average Bonchev–Trinajstić information content (AvgIpc) is 2.27. The third kappa shape index (κ3) is 2.52. The fraction of sp³-hybridized carbons (Fsp3) is 1.00. The molecule has 3 nitrogen and oxygen atoms in total. The highest BCUT2D eigenvalue weighted by Gasteiger charge is 2.39. The van der Waals surface area contributed by atoms with Crippen molar-refractivity contribution in [3.8, 4) is 0 Å². The molecule has 0 aromatic carbocycles. The SMILES string of the molecule is COC(C)C(C)(CN)N1CCCCC1C. The molecule has 0 radical (unpaired) electrons. The zero-order chi connectivity index (χ0) is 11.5. The Balaban J connectivity index is 2.78. The van der Waals surface area contributed by atoms with Gasteiger partial charge in [-0.25, -0.2) is 0 Å². The third-order valence-electron chi connectivity index (χ3n) is 4.10. The van der Waals surface area contributed by atoms with E-state index >= 15 is 0 Å². The molecule has 0 spiro atoms. The summed E-state index contributed by atoms with van der Waals surface area (Å²) in [6, 6.07) is 0.630. The monoisotopic (exact) mass is 214 g/mol. The van der Waals surface area contributed by atoms with E-state index in [1.54, 1.807) is 7.11 Å². The number of piperidine rings is 1. The summed E-state index contributed by atoms with van der Waals surface area (Å²) in [6.07, 6.45) is 4.10. The van der Waals surface area contributed by atoms with Crippen molar-refractivity contribution in [2.45, 2.75) is 57.7 Å². The van der Waals surface area contributed by atoms with Gasteiger partial charge in [0.05, 0.1) is 11.6 Å². The molecule has 0 bridgehead atoms. The molecule has 0 aromatic heterocycles. The molecular weight excluding hydrogens is 188 g/mol. The van der Waals surface area contributed by atoms with Crippen LogP contribution in [0.5, 0.6) is 0 Å². The van der Waals surface area contributed by atoms with Gasteiger partial charge in [-0.3, -0.25) is 4.90 Å². The molecule has 0 aromatic rings. The van der Waals surface area contributed by atoms with Gasteiger partial charge in [0, 0.05) is 19.7 Å². The van der Waals surface area contributed by atoms with Crippen molar-refractivity contribution >= 4 is 0 Å². The van der Waals surface area contributed by atoms with E-state index in [9.17, 15) is 0 Å². The summed E-state index contributed by atoms with van der Waals surface area (Å²) in [5.41, 5.74) is 5.94. The lowest BCUT2D eigenvalue weighted by atomic mass is 9.88. The molecule has 90 valence electrons. The predicted molar refractivity (Wildman–Crippen MR) is 63.9 cm³/mol. The molecule has 1 aliphatic heterocycles. The number of hydrogen-bond donors (Lipinski definition) is 1. The van der Waals surface area contributed by atoms with E-state index < -0.39 is 0 Å². The van der Waals surface area contributed by atoms with Crippen LogP contribution in [0.3, 0.4) is 0 Å². The Morgan fingerprint density at radius 3 is 2.67 bits per heavy atom. The van der Waals surface area contributed by atoms with Gasteiger partial charge in [0.15, 0.2) is 0 Å². The van der Waals surface area contributed by atoms with E-state index in [1.807, 2.05) is 0 Å². The van der Waals surface area contributed by atoms with Crippen LogP contribution < -0.4 is 5.73 Å². The normalized spacial score (nSPS) is 29.8. The van der Waals surface area contributed by atoms with Crippen LogP contribution in [-0.4, -0.2) is 42.8 Å². The van der Waals surface area contributed by atoms with Gasteiger partial charge in [-0.05, 0) is 40.2 Å². The molecule has 3 heteroatoms. The lowest BCUT2D eigenvalue weighted by Gasteiger charge is -2.49. The van der Waals surface area contributed by atoms with Gasteiger partial charge in [0.1, 0.15) is 0 Å². The summed E-state index contributed by atoms with van der Waals surface area (Å²) in [5.74, 6) is 0. The summed E-state index contributed by atoms with van der Waals surface area (Å²) in [7, 11) is 1.77. The molecule has 0 aliphatic carbocycles. The molecular formula is C12H26N2O. The van der Waals surface area contributed by atoms with Crippen LogP contribution in [-0.2, 0) is 4.74 Å². The number of likely N-dealkylation sites (tertiary alicyclic amines) is 1. The smallest absolute Gasteiger partial charge is 0.0736 e. The molecule has 3 atom stereocenters. The molecule has 0 amide bonds. The molecule has 15 heavy (non-hydrogen) atoms. The first-order valence-corrected chi connectivity index (χ1v) is 6.06. The van der Waals surface area contributed by atoms with Gasteiger partial charge in [-0.15, -0.1) is 0 Å². The molecule has 1 aliphatic rings. The van der Waals surface area contributed by atoms with Crippen molar-refractivity contribution in [1.29, 1.82) is 0 Å². The van der Waals surface area contributed by atoms with Crippen molar-refractivity contribution in [3.63, 3.8) is 0 Å². The Labute approximate surface area is 94.0 Å². The van der Waals surface area contributed by atoms with Crippen molar-refractivity contribution in [3.05, 3.63) is 0 Å². The number of methoxy groups -OCH3 is 1. The Kier molecular flexibility index (Phi) is 4.56. The van der Waals surface area contributed by atoms with Gasteiger partial charge in [-0.1, -0.05) is 6.42 Å². The Morgan fingerprint density at radius 2 is 2.20 bits per heavy atom. The molecule has 3 unspecified atom stereocenters. The zero-order valence-electron chi connectivity index (χ0n) is 10.6. The lowest BCUT2D eigenvalue weighted by molar-refractivity contribution is -0.0582. The summed E-state index contributed by atoms with van der Waals surface area (Å²) in [4.78, 5) is 2.53. The third-order valence-corrected chi connectivity index (χ3v) is 4.10. The van der Waals surface area contributed by atoms with Crippen LogP contribution in [0.4, 0.5) is 0 Å². The fourth-order valence-corrected chi connectivity index (χ4v) is 2.63. The van der Waals surface area contributed by atoms with Crippen LogP contribution in [0.2, 0.25) is 0 Å². The molecule has 0 saturated carbocycles. The maximum absolute atomic E-state index is 5.95. The van der Waals surface area contributed by atoms with Crippen molar-refractivity contribution in [2.75, 3.05) is 20.2 Å². The van der Waals surface area contributed by atoms with E-state index in [0.717, 1.165) is 6.54 Å². The quantitative estimate of drug-likeness (QED) is 0.773. The van der Waals surface area contributed by atoms with E-state index in [0.29, 0.717) is 12.6 Å². The summed E-state index contributed by atoms with van der Waals surface area (Å²) in [6.45, 7) is 8.46. The van der Waals surface area contributed by atoms with Gasteiger partial charge < -0.3 is 10.5 Å². The molecule has 1 rings (SSSR count). The van der Waals surface area contributed by atoms with E-state index in [4.69, 9.17) is 10.5 Å². The van der Waals surface area contributed by atoms with Crippen molar-refractivity contribution in [2.24, 2.45) is 5.73 Å². The Morgan fingerprint density at radius 1 is 1.53 bits per heavy atom. The van der Waals surface area contributed by atoms with Crippen molar-refractivity contribution < 1.29 is 4.74 Å². The maximum Gasteiger partial charge on any atom is 0.0736 e. The first-order chi connectivity index (χ1) is 7.06. The first-order valence-electron chi connectivity index (χ1n) is 6.06.